The van der Waals surface area contributed by atoms with Crippen molar-refractivity contribution < 1.29 is 13.9 Å². The molecule has 0 aliphatic carbocycles. The summed E-state index contributed by atoms with van der Waals surface area (Å²) in [6.07, 6.45) is 0. The molecular formula is C18H17F2N3O2. The van der Waals surface area contributed by atoms with Gasteiger partial charge in [-0.3, -0.25) is 4.79 Å². The van der Waals surface area contributed by atoms with Gasteiger partial charge in [0, 0.05) is 12.1 Å². The van der Waals surface area contributed by atoms with E-state index < -0.39 is 29.8 Å². The zero-order chi connectivity index (χ0) is 18.0. The normalized spacial score (nSPS) is 12.3. The lowest BCUT2D eigenvalue weighted by Gasteiger charge is -2.19. The molecule has 25 heavy (non-hydrogen) atoms. The Balaban J connectivity index is 2.08. The van der Waals surface area contributed by atoms with E-state index in [4.69, 9.17) is 0 Å². The zero-order valence-electron chi connectivity index (χ0n) is 13.5. The van der Waals surface area contributed by atoms with Crippen LogP contribution in [0.25, 0.3) is 11.0 Å². The van der Waals surface area contributed by atoms with Crippen LogP contribution in [0.2, 0.25) is 0 Å². The third-order valence-corrected chi connectivity index (χ3v) is 4.00. The fourth-order valence-corrected chi connectivity index (χ4v) is 2.77. The largest absolute Gasteiger partial charge is 0.394 e. The molecule has 0 aliphatic heterocycles. The first-order chi connectivity index (χ1) is 12.0. The summed E-state index contributed by atoms with van der Waals surface area (Å²) in [5.41, 5.74) is 0.803. The van der Waals surface area contributed by atoms with Crippen LogP contribution < -0.4 is 10.9 Å². The minimum Gasteiger partial charge on any atom is -0.394 e. The smallest absolute Gasteiger partial charge is 0.293 e. The number of nitrogens with zero attached hydrogens (tertiary/aromatic N) is 2. The molecule has 2 N–H and O–H groups in total. The highest BCUT2D eigenvalue weighted by atomic mass is 19.1. The summed E-state index contributed by atoms with van der Waals surface area (Å²) in [5.74, 6) is -1.33. The SMILES string of the molecule is CCn1c(=O)c(NC(CO)c2cc(F)ccc2F)nc2ccccc21. The molecule has 0 saturated carbocycles. The first kappa shape index (κ1) is 17.0. The van der Waals surface area contributed by atoms with Crippen molar-refractivity contribution in [2.45, 2.75) is 19.5 Å². The average molecular weight is 345 g/mol. The lowest BCUT2D eigenvalue weighted by atomic mass is 10.1. The molecule has 3 rings (SSSR count). The first-order valence-corrected chi connectivity index (χ1v) is 7.87. The van der Waals surface area contributed by atoms with Crippen LogP contribution in [-0.2, 0) is 6.54 Å². The van der Waals surface area contributed by atoms with Crippen molar-refractivity contribution in [3.63, 3.8) is 0 Å². The van der Waals surface area contributed by atoms with Crippen LogP contribution in [0.15, 0.2) is 47.3 Å². The second-order valence-electron chi connectivity index (χ2n) is 5.54. The number of fused-ring (bicyclic) bond motifs is 1. The summed E-state index contributed by atoms with van der Waals surface area (Å²) < 4.78 is 28.9. The van der Waals surface area contributed by atoms with Gasteiger partial charge >= 0.3 is 0 Å². The van der Waals surface area contributed by atoms with Gasteiger partial charge in [0.1, 0.15) is 11.6 Å². The molecule has 0 aliphatic rings. The summed E-state index contributed by atoms with van der Waals surface area (Å²) in [7, 11) is 0. The Morgan fingerprint density at radius 1 is 1.24 bits per heavy atom. The third kappa shape index (κ3) is 3.23. The Bertz CT molecular complexity index is 972. The number of anilines is 1. The van der Waals surface area contributed by atoms with E-state index in [1.165, 1.54) is 4.57 Å². The molecule has 5 nitrogen and oxygen atoms in total. The highest BCUT2D eigenvalue weighted by Gasteiger charge is 2.19. The average Bonchev–Trinajstić information content (AvgIpc) is 2.62. The van der Waals surface area contributed by atoms with Crippen LogP contribution in [0.3, 0.4) is 0 Å². The lowest BCUT2D eigenvalue weighted by molar-refractivity contribution is 0.273. The molecule has 0 radical (unpaired) electrons. The van der Waals surface area contributed by atoms with Crippen LogP contribution in [0.4, 0.5) is 14.6 Å². The van der Waals surface area contributed by atoms with Crippen molar-refractivity contribution in [1.82, 2.24) is 9.55 Å². The quantitative estimate of drug-likeness (QED) is 0.746. The van der Waals surface area contributed by atoms with Gasteiger partial charge in [-0.2, -0.15) is 0 Å². The second kappa shape index (κ2) is 6.98. The molecule has 130 valence electrons. The molecular weight excluding hydrogens is 328 g/mol. The highest BCUT2D eigenvalue weighted by molar-refractivity contribution is 5.76. The van der Waals surface area contributed by atoms with Gasteiger partial charge in [0.25, 0.3) is 5.56 Å². The number of nitrogens with one attached hydrogen (secondary N) is 1. The molecule has 0 spiro atoms. The van der Waals surface area contributed by atoms with E-state index in [-0.39, 0.29) is 11.4 Å². The van der Waals surface area contributed by atoms with E-state index in [1.54, 1.807) is 24.3 Å². The summed E-state index contributed by atoms with van der Waals surface area (Å²) >= 11 is 0. The predicted molar refractivity (Wildman–Crippen MR) is 91.5 cm³/mol. The Labute approximate surface area is 142 Å². The van der Waals surface area contributed by atoms with Crippen molar-refractivity contribution in [3.8, 4) is 0 Å². The maximum Gasteiger partial charge on any atom is 0.293 e. The van der Waals surface area contributed by atoms with Crippen LogP contribution in [0.1, 0.15) is 18.5 Å². The molecule has 7 heteroatoms. The fourth-order valence-electron chi connectivity index (χ4n) is 2.77. The molecule has 1 atom stereocenters. The third-order valence-electron chi connectivity index (χ3n) is 4.00. The molecule has 0 saturated heterocycles. The number of rotatable bonds is 5. The maximum absolute atomic E-state index is 14.0. The van der Waals surface area contributed by atoms with E-state index in [1.807, 2.05) is 6.92 Å². The minimum atomic E-state index is -0.998. The Morgan fingerprint density at radius 2 is 2.00 bits per heavy atom. The lowest BCUT2D eigenvalue weighted by Crippen LogP contribution is -2.28. The summed E-state index contributed by atoms with van der Waals surface area (Å²) in [5, 5.41) is 12.3. The molecule has 2 aromatic carbocycles. The van der Waals surface area contributed by atoms with E-state index in [0.29, 0.717) is 17.6 Å². The van der Waals surface area contributed by atoms with Gasteiger partial charge in [0.2, 0.25) is 0 Å². The van der Waals surface area contributed by atoms with Gasteiger partial charge in [0.15, 0.2) is 5.82 Å². The Hall–Kier alpha value is -2.80. The first-order valence-electron chi connectivity index (χ1n) is 7.87. The van der Waals surface area contributed by atoms with Crippen molar-refractivity contribution in [1.29, 1.82) is 0 Å². The van der Waals surface area contributed by atoms with Gasteiger partial charge in [-0.05, 0) is 37.3 Å². The number of aliphatic hydroxyl groups excluding tert-OH is 1. The van der Waals surface area contributed by atoms with Gasteiger partial charge in [0.05, 0.1) is 23.7 Å². The monoisotopic (exact) mass is 345 g/mol. The molecule has 1 heterocycles. The van der Waals surface area contributed by atoms with E-state index in [9.17, 15) is 18.7 Å². The van der Waals surface area contributed by atoms with Gasteiger partial charge in [-0.25, -0.2) is 13.8 Å². The van der Waals surface area contributed by atoms with Crippen molar-refractivity contribution >= 4 is 16.9 Å². The number of aromatic nitrogens is 2. The standard InChI is InChI=1S/C18H17F2N3O2/c1-2-23-16-6-4-3-5-14(16)21-17(18(23)25)22-15(10-24)12-9-11(19)7-8-13(12)20/h3-9,15,24H,2,10H2,1H3,(H,21,22). The molecule has 1 unspecified atom stereocenters. The molecule has 0 fully saturated rings. The van der Waals surface area contributed by atoms with Crippen molar-refractivity contribution in [2.75, 3.05) is 11.9 Å². The highest BCUT2D eigenvalue weighted by Crippen LogP contribution is 2.22. The molecule has 0 bridgehead atoms. The number of benzene rings is 2. The van der Waals surface area contributed by atoms with Gasteiger partial charge in [-0.1, -0.05) is 12.1 Å². The number of halogens is 2. The van der Waals surface area contributed by atoms with Crippen LogP contribution in [0.5, 0.6) is 0 Å². The maximum atomic E-state index is 14.0. The summed E-state index contributed by atoms with van der Waals surface area (Å²) in [6, 6.07) is 9.10. The van der Waals surface area contributed by atoms with E-state index >= 15 is 0 Å². The molecule has 1 aromatic heterocycles. The molecule has 0 amide bonds. The zero-order valence-corrected chi connectivity index (χ0v) is 13.5. The number of aryl methyl sites for hydroxylation is 1. The Kier molecular flexibility index (Phi) is 4.76. The molecule has 3 aromatic rings. The van der Waals surface area contributed by atoms with Crippen LogP contribution in [-0.4, -0.2) is 21.3 Å². The van der Waals surface area contributed by atoms with E-state index in [2.05, 4.69) is 10.3 Å². The minimum absolute atomic E-state index is 0.0248. The summed E-state index contributed by atoms with van der Waals surface area (Å²) in [6.45, 7) is 1.72. The number of para-hydroxylation sites is 2. The summed E-state index contributed by atoms with van der Waals surface area (Å²) in [4.78, 5) is 16.9. The van der Waals surface area contributed by atoms with Gasteiger partial charge in [-0.15, -0.1) is 0 Å². The van der Waals surface area contributed by atoms with Crippen molar-refractivity contribution in [2.24, 2.45) is 0 Å². The van der Waals surface area contributed by atoms with Gasteiger partial charge < -0.3 is 15.0 Å². The fraction of sp³-hybridized carbons (Fsp3) is 0.222. The van der Waals surface area contributed by atoms with Crippen LogP contribution >= 0.6 is 0 Å². The van der Waals surface area contributed by atoms with Crippen LogP contribution in [0, 0.1) is 11.6 Å². The topological polar surface area (TPSA) is 67.2 Å². The second-order valence-corrected chi connectivity index (χ2v) is 5.54. The van der Waals surface area contributed by atoms with Crippen molar-refractivity contribution in [3.05, 3.63) is 70.0 Å². The number of hydrogen-bond acceptors (Lipinski definition) is 4. The Morgan fingerprint density at radius 3 is 2.72 bits per heavy atom. The predicted octanol–water partition coefficient (Wildman–Crippen LogP) is 2.84. The number of aliphatic hydroxyl groups is 1. The number of hydrogen-bond donors (Lipinski definition) is 2. The van der Waals surface area contributed by atoms with E-state index in [0.717, 1.165) is 18.2 Å².